The van der Waals surface area contributed by atoms with Crippen molar-refractivity contribution in [3.05, 3.63) is 17.3 Å². The summed E-state index contributed by atoms with van der Waals surface area (Å²) in [6.45, 7) is 11.1. The zero-order chi connectivity index (χ0) is 21.8. The molecule has 0 spiro atoms. The lowest BCUT2D eigenvalue weighted by Gasteiger charge is -2.29. The van der Waals surface area contributed by atoms with E-state index in [9.17, 15) is 9.59 Å². The molecule has 1 fully saturated rings. The number of piperidine rings is 1. The van der Waals surface area contributed by atoms with Gasteiger partial charge >= 0.3 is 0 Å². The largest absolute Gasteiger partial charge is 0.435 e. The van der Waals surface area contributed by atoms with Crippen LogP contribution in [0.25, 0.3) is 0 Å². The molecule has 2 atom stereocenters. The van der Waals surface area contributed by atoms with Crippen molar-refractivity contribution in [2.75, 3.05) is 20.1 Å². The number of ketones is 1. The van der Waals surface area contributed by atoms with Gasteiger partial charge in [0.1, 0.15) is 0 Å². The monoisotopic (exact) mass is 406 g/mol. The van der Waals surface area contributed by atoms with Crippen LogP contribution in [-0.2, 0) is 11.2 Å². The molecule has 0 saturated carbocycles. The van der Waals surface area contributed by atoms with Crippen LogP contribution in [0.5, 0.6) is 0 Å². The van der Waals surface area contributed by atoms with Crippen molar-refractivity contribution in [1.82, 2.24) is 15.2 Å². The molecule has 1 aromatic rings. The Balaban J connectivity index is 2.10. The van der Waals surface area contributed by atoms with Gasteiger partial charge in [0.15, 0.2) is 5.76 Å². The van der Waals surface area contributed by atoms with E-state index in [1.165, 1.54) is 6.42 Å². The first-order valence-electron chi connectivity index (χ1n) is 10.7. The summed E-state index contributed by atoms with van der Waals surface area (Å²) in [6, 6.07) is -0.537. The van der Waals surface area contributed by atoms with Crippen LogP contribution in [0.2, 0.25) is 0 Å². The average Bonchev–Trinajstić information content (AvgIpc) is 3.01. The molecule has 0 aromatic carbocycles. The molecule has 2 rings (SSSR count). The van der Waals surface area contributed by atoms with E-state index >= 15 is 0 Å². The summed E-state index contributed by atoms with van der Waals surface area (Å²) < 4.78 is 5.98. The second-order valence-electron chi connectivity index (χ2n) is 9.93. The Bertz CT molecular complexity index is 705. The molecule has 2 unspecified atom stereocenters. The predicted octanol–water partition coefficient (Wildman–Crippen LogP) is 3.09. The second-order valence-corrected chi connectivity index (χ2v) is 9.93. The molecular formula is C22H38N4O3. The summed E-state index contributed by atoms with van der Waals surface area (Å²) in [4.78, 5) is 32.0. The van der Waals surface area contributed by atoms with Crippen molar-refractivity contribution < 1.29 is 14.0 Å². The van der Waals surface area contributed by atoms with Crippen LogP contribution in [-0.4, -0.2) is 47.8 Å². The van der Waals surface area contributed by atoms with E-state index in [-0.39, 0.29) is 35.5 Å². The molecule has 164 valence electrons. The maximum atomic E-state index is 12.8. The SMILES string of the molecule is CC(C)Cc1nc(C2CCCCN2C)oc1C(=O)CNC(=O)C(N)CC(C)(C)C. The highest BCUT2D eigenvalue weighted by atomic mass is 16.4. The first-order chi connectivity index (χ1) is 13.5. The summed E-state index contributed by atoms with van der Waals surface area (Å²) in [7, 11) is 2.06. The Labute approximate surface area is 174 Å². The smallest absolute Gasteiger partial charge is 0.237 e. The number of Topliss-reactive ketones (excluding diaryl/α,β-unsaturated/α-hetero) is 1. The third-order valence-electron chi connectivity index (χ3n) is 5.22. The van der Waals surface area contributed by atoms with E-state index < -0.39 is 6.04 Å². The Kier molecular flexibility index (Phi) is 8.00. The Morgan fingerprint density at radius 2 is 2.00 bits per heavy atom. The third kappa shape index (κ3) is 6.93. The van der Waals surface area contributed by atoms with Gasteiger partial charge in [-0.15, -0.1) is 0 Å². The number of hydrogen-bond acceptors (Lipinski definition) is 6. The molecule has 1 aliphatic heterocycles. The quantitative estimate of drug-likeness (QED) is 0.643. The maximum Gasteiger partial charge on any atom is 0.237 e. The molecule has 1 amide bonds. The van der Waals surface area contributed by atoms with E-state index in [1.54, 1.807) is 0 Å². The highest BCUT2D eigenvalue weighted by Gasteiger charge is 2.29. The van der Waals surface area contributed by atoms with Crippen molar-refractivity contribution in [1.29, 1.82) is 0 Å². The zero-order valence-electron chi connectivity index (χ0n) is 18.9. The van der Waals surface area contributed by atoms with Gasteiger partial charge in [-0.25, -0.2) is 4.98 Å². The molecule has 1 aliphatic rings. The van der Waals surface area contributed by atoms with E-state index in [1.807, 2.05) is 20.8 Å². The number of oxazole rings is 1. The molecule has 1 aromatic heterocycles. The van der Waals surface area contributed by atoms with Crippen molar-refractivity contribution in [2.24, 2.45) is 17.1 Å². The fourth-order valence-electron chi connectivity index (χ4n) is 3.77. The second kappa shape index (κ2) is 9.85. The van der Waals surface area contributed by atoms with Gasteiger partial charge < -0.3 is 15.5 Å². The number of hydrogen-bond donors (Lipinski definition) is 2. The first kappa shape index (κ1) is 23.5. The molecule has 29 heavy (non-hydrogen) atoms. The van der Waals surface area contributed by atoms with Crippen LogP contribution < -0.4 is 11.1 Å². The summed E-state index contributed by atoms with van der Waals surface area (Å²) in [6.07, 6.45) is 4.48. The number of likely N-dealkylation sites (tertiary alicyclic amines) is 1. The topological polar surface area (TPSA) is 101 Å². The highest BCUT2D eigenvalue weighted by molar-refractivity contribution is 5.98. The van der Waals surface area contributed by atoms with Crippen molar-refractivity contribution in [2.45, 2.75) is 78.8 Å². The fourth-order valence-corrected chi connectivity index (χ4v) is 3.77. The number of amides is 1. The average molecular weight is 407 g/mol. The van der Waals surface area contributed by atoms with Crippen LogP contribution in [0.4, 0.5) is 0 Å². The van der Waals surface area contributed by atoms with Crippen molar-refractivity contribution in [3.8, 4) is 0 Å². The van der Waals surface area contributed by atoms with Crippen molar-refractivity contribution >= 4 is 11.7 Å². The van der Waals surface area contributed by atoms with Gasteiger partial charge in [0.05, 0.1) is 24.3 Å². The van der Waals surface area contributed by atoms with E-state index in [0.717, 1.165) is 19.4 Å². The summed E-state index contributed by atoms with van der Waals surface area (Å²) in [5.74, 6) is 0.664. The van der Waals surface area contributed by atoms with Crippen molar-refractivity contribution in [3.63, 3.8) is 0 Å². The minimum Gasteiger partial charge on any atom is -0.435 e. The molecule has 3 N–H and O–H groups in total. The van der Waals surface area contributed by atoms with Gasteiger partial charge in [0, 0.05) is 0 Å². The molecule has 2 heterocycles. The minimum absolute atomic E-state index is 0.0585. The van der Waals surface area contributed by atoms with E-state index in [2.05, 4.69) is 36.1 Å². The Morgan fingerprint density at radius 1 is 1.31 bits per heavy atom. The number of nitrogens with two attached hydrogens (primary N) is 1. The first-order valence-corrected chi connectivity index (χ1v) is 10.7. The van der Waals surface area contributed by atoms with Gasteiger partial charge in [-0.05, 0) is 50.6 Å². The Hall–Kier alpha value is -1.73. The summed E-state index contributed by atoms with van der Waals surface area (Å²) in [5, 5.41) is 2.67. The normalized spacial score (nSPS) is 19.4. The number of aromatic nitrogens is 1. The standard InChI is InChI=1S/C22H38N4O3/c1-14(2)11-16-19(29-21(25-16)17-9-7-8-10-26(17)6)18(27)13-24-20(28)15(23)12-22(3,4)5/h14-15,17H,7-13,23H2,1-6H3,(H,24,28). The van der Waals surface area contributed by atoms with E-state index in [0.29, 0.717) is 30.3 Å². The number of carbonyl (C=O) groups excluding carboxylic acids is 2. The van der Waals surface area contributed by atoms with Gasteiger partial charge in [0.2, 0.25) is 17.6 Å². The lowest BCUT2D eigenvalue weighted by molar-refractivity contribution is -0.122. The third-order valence-corrected chi connectivity index (χ3v) is 5.22. The lowest BCUT2D eigenvalue weighted by atomic mass is 9.88. The molecule has 7 nitrogen and oxygen atoms in total. The zero-order valence-corrected chi connectivity index (χ0v) is 18.9. The minimum atomic E-state index is -0.640. The molecule has 0 bridgehead atoms. The molecule has 0 radical (unpaired) electrons. The van der Waals surface area contributed by atoms with Gasteiger partial charge in [-0.1, -0.05) is 41.0 Å². The van der Waals surface area contributed by atoms with Crippen LogP contribution in [0.3, 0.4) is 0 Å². The van der Waals surface area contributed by atoms with Gasteiger partial charge in [-0.2, -0.15) is 0 Å². The number of carbonyl (C=O) groups is 2. The van der Waals surface area contributed by atoms with Crippen LogP contribution >= 0.6 is 0 Å². The molecular weight excluding hydrogens is 368 g/mol. The van der Waals surface area contributed by atoms with Gasteiger partial charge in [0.25, 0.3) is 0 Å². The van der Waals surface area contributed by atoms with Crippen LogP contribution in [0.15, 0.2) is 4.42 Å². The number of nitrogens with one attached hydrogen (secondary N) is 1. The number of nitrogens with zero attached hydrogens (tertiary/aromatic N) is 2. The van der Waals surface area contributed by atoms with Gasteiger partial charge in [-0.3, -0.25) is 14.5 Å². The molecule has 7 heteroatoms. The predicted molar refractivity (Wildman–Crippen MR) is 114 cm³/mol. The Morgan fingerprint density at radius 3 is 2.59 bits per heavy atom. The summed E-state index contributed by atoms with van der Waals surface area (Å²) in [5.41, 5.74) is 6.61. The molecule has 0 aliphatic carbocycles. The lowest BCUT2D eigenvalue weighted by Crippen LogP contribution is -2.44. The fraction of sp³-hybridized carbons (Fsp3) is 0.773. The highest BCUT2D eigenvalue weighted by Crippen LogP contribution is 2.31. The van der Waals surface area contributed by atoms with Crippen LogP contribution in [0.1, 0.15) is 88.5 Å². The number of rotatable bonds is 8. The maximum absolute atomic E-state index is 12.8. The van der Waals surface area contributed by atoms with E-state index in [4.69, 9.17) is 10.2 Å². The summed E-state index contributed by atoms with van der Waals surface area (Å²) >= 11 is 0. The van der Waals surface area contributed by atoms with Crippen LogP contribution in [0, 0.1) is 11.3 Å². The molecule has 1 saturated heterocycles.